The molecule has 1 aromatic rings. The lowest BCUT2D eigenvalue weighted by molar-refractivity contribution is -0.140. The molecule has 1 saturated heterocycles. The molecule has 1 aliphatic rings. The van der Waals surface area contributed by atoms with E-state index in [4.69, 9.17) is 4.18 Å². The number of hydrogen-bond acceptors (Lipinski definition) is 7. The number of amides is 1. The molecule has 0 aliphatic carbocycles. The molecule has 9 heteroatoms. The third-order valence-corrected chi connectivity index (χ3v) is 6.29. The molecule has 27 heavy (non-hydrogen) atoms. The second-order valence-corrected chi connectivity index (χ2v) is 9.28. The van der Waals surface area contributed by atoms with Gasteiger partial charge in [-0.05, 0) is 25.0 Å². The number of methoxy groups -OCH3 is 1. The van der Waals surface area contributed by atoms with Gasteiger partial charge in [-0.15, -0.1) is 0 Å². The van der Waals surface area contributed by atoms with E-state index < -0.39 is 22.3 Å². The van der Waals surface area contributed by atoms with Crippen LogP contribution in [0.2, 0.25) is 0 Å². The van der Waals surface area contributed by atoms with E-state index in [9.17, 15) is 18.0 Å². The highest BCUT2D eigenvalue weighted by molar-refractivity contribution is 8.00. The van der Waals surface area contributed by atoms with Crippen LogP contribution >= 0.6 is 11.8 Å². The first-order valence-corrected chi connectivity index (χ1v) is 11.6. The summed E-state index contributed by atoms with van der Waals surface area (Å²) in [5.41, 5.74) is 0.516. The predicted molar refractivity (Wildman–Crippen MR) is 104 cm³/mol. The minimum Gasteiger partial charge on any atom is -0.469 e. The number of thioether (sulfide) groups is 1. The number of rotatable bonds is 9. The Bertz CT molecular complexity index is 737. The standard InChI is InChI=1S/C18H25NO6S2/c1-24-16(20)11-7-6-10-15-17(25-27(2,22)23)14(12-26-15)19-18(21)13-8-4-3-5-9-13/h3-5,8-9,14-15,17H,6-7,10-12H2,1-2H3,(H,19,21)/t14-,15-,17-/m1/s1. The molecule has 1 amide bonds. The monoisotopic (exact) mass is 415 g/mol. The quantitative estimate of drug-likeness (QED) is 0.374. The van der Waals surface area contributed by atoms with Gasteiger partial charge in [0, 0.05) is 23.0 Å². The van der Waals surface area contributed by atoms with E-state index in [-0.39, 0.29) is 17.1 Å². The molecule has 1 fully saturated rings. The molecule has 0 radical (unpaired) electrons. The van der Waals surface area contributed by atoms with E-state index in [0.29, 0.717) is 30.6 Å². The van der Waals surface area contributed by atoms with Crippen molar-refractivity contribution >= 4 is 33.8 Å². The van der Waals surface area contributed by atoms with E-state index in [1.165, 1.54) is 7.11 Å². The Morgan fingerprint density at radius 3 is 2.56 bits per heavy atom. The maximum atomic E-state index is 12.4. The lowest BCUT2D eigenvalue weighted by atomic mass is 10.0. The molecular formula is C18H25NO6S2. The van der Waals surface area contributed by atoms with Crippen LogP contribution in [0.4, 0.5) is 0 Å². The van der Waals surface area contributed by atoms with Gasteiger partial charge < -0.3 is 10.1 Å². The first kappa shape index (κ1) is 21.7. The van der Waals surface area contributed by atoms with Crippen molar-refractivity contribution in [2.75, 3.05) is 19.1 Å². The molecule has 1 aromatic carbocycles. The number of nitrogens with one attached hydrogen (secondary N) is 1. The second-order valence-electron chi connectivity index (χ2n) is 6.40. The minimum atomic E-state index is -3.66. The maximum Gasteiger partial charge on any atom is 0.305 e. The van der Waals surface area contributed by atoms with E-state index in [0.717, 1.165) is 12.7 Å². The van der Waals surface area contributed by atoms with Crippen molar-refractivity contribution in [3.8, 4) is 0 Å². The molecular weight excluding hydrogens is 390 g/mol. The summed E-state index contributed by atoms with van der Waals surface area (Å²) in [4.78, 5) is 23.6. The Hall–Kier alpha value is -1.58. The number of carbonyl (C=O) groups is 2. The van der Waals surface area contributed by atoms with Crippen LogP contribution in [-0.4, -0.2) is 56.8 Å². The van der Waals surface area contributed by atoms with Crippen molar-refractivity contribution in [1.82, 2.24) is 5.32 Å². The number of hydrogen-bond donors (Lipinski definition) is 1. The summed E-state index contributed by atoms with van der Waals surface area (Å²) in [6.45, 7) is 0. The Balaban J connectivity index is 1.97. The van der Waals surface area contributed by atoms with Crippen LogP contribution in [0.25, 0.3) is 0 Å². The molecule has 0 spiro atoms. The van der Waals surface area contributed by atoms with Gasteiger partial charge in [-0.3, -0.25) is 13.8 Å². The highest BCUT2D eigenvalue weighted by Crippen LogP contribution is 2.34. The van der Waals surface area contributed by atoms with Crippen molar-refractivity contribution in [3.63, 3.8) is 0 Å². The SMILES string of the molecule is COC(=O)CCCC[C@H]1SC[C@@H](NC(=O)c2ccccc2)[C@H]1OS(C)(=O)=O. The zero-order chi connectivity index (χ0) is 19.9. The first-order chi connectivity index (χ1) is 12.8. The zero-order valence-corrected chi connectivity index (χ0v) is 17.1. The van der Waals surface area contributed by atoms with Crippen molar-refractivity contribution < 1.29 is 26.9 Å². The number of ether oxygens (including phenoxy) is 1. The van der Waals surface area contributed by atoms with E-state index in [2.05, 4.69) is 10.1 Å². The normalized spacial score (nSPS) is 22.4. The average Bonchev–Trinajstić information content (AvgIpc) is 2.99. The predicted octanol–water partition coefficient (Wildman–Crippen LogP) is 1.98. The van der Waals surface area contributed by atoms with Crippen molar-refractivity contribution in [1.29, 1.82) is 0 Å². The Kier molecular flexibility index (Phi) is 8.12. The van der Waals surface area contributed by atoms with Crippen LogP contribution in [-0.2, 0) is 23.8 Å². The Labute approximate surface area is 164 Å². The third-order valence-electron chi connectivity index (χ3n) is 4.24. The molecule has 150 valence electrons. The topological polar surface area (TPSA) is 98.8 Å². The van der Waals surface area contributed by atoms with Crippen molar-refractivity contribution in [2.24, 2.45) is 0 Å². The molecule has 0 saturated carbocycles. The first-order valence-electron chi connectivity index (χ1n) is 8.73. The fraction of sp³-hybridized carbons (Fsp3) is 0.556. The third kappa shape index (κ3) is 7.15. The minimum absolute atomic E-state index is 0.0709. The van der Waals surface area contributed by atoms with E-state index in [1.54, 1.807) is 36.0 Å². The van der Waals surface area contributed by atoms with Gasteiger partial charge in [0.25, 0.3) is 16.0 Å². The van der Waals surface area contributed by atoms with Crippen LogP contribution in [0, 0.1) is 0 Å². The zero-order valence-electron chi connectivity index (χ0n) is 15.4. The largest absolute Gasteiger partial charge is 0.469 e. The molecule has 1 N–H and O–H groups in total. The number of unbranched alkanes of at least 4 members (excludes halogenated alkanes) is 1. The molecule has 0 bridgehead atoms. The molecule has 3 atom stereocenters. The Morgan fingerprint density at radius 2 is 1.93 bits per heavy atom. The number of benzene rings is 1. The second kappa shape index (κ2) is 10.1. The summed E-state index contributed by atoms with van der Waals surface area (Å²) in [6, 6.07) is 8.37. The van der Waals surface area contributed by atoms with Gasteiger partial charge in [0.05, 0.1) is 19.4 Å². The molecule has 1 heterocycles. The fourth-order valence-electron chi connectivity index (χ4n) is 2.94. The summed E-state index contributed by atoms with van der Waals surface area (Å²) in [5.74, 6) is 0.0566. The fourth-order valence-corrected chi connectivity index (χ4v) is 5.17. The lowest BCUT2D eigenvalue weighted by Crippen LogP contribution is -2.46. The molecule has 0 aromatic heterocycles. The van der Waals surface area contributed by atoms with Gasteiger partial charge >= 0.3 is 5.97 Å². The number of carbonyl (C=O) groups excluding carboxylic acids is 2. The van der Waals surface area contributed by atoms with Gasteiger partial charge in [0.2, 0.25) is 0 Å². The maximum absolute atomic E-state index is 12.4. The van der Waals surface area contributed by atoms with E-state index in [1.807, 2.05) is 6.07 Å². The van der Waals surface area contributed by atoms with Gasteiger partial charge in [-0.1, -0.05) is 24.6 Å². The van der Waals surface area contributed by atoms with Crippen molar-refractivity contribution in [3.05, 3.63) is 35.9 Å². The van der Waals surface area contributed by atoms with Gasteiger partial charge in [-0.25, -0.2) is 0 Å². The molecule has 1 aliphatic heterocycles. The van der Waals surface area contributed by atoms with Crippen molar-refractivity contribution in [2.45, 2.75) is 43.1 Å². The van der Waals surface area contributed by atoms with Crippen LogP contribution in [0.1, 0.15) is 36.0 Å². The lowest BCUT2D eigenvalue weighted by Gasteiger charge is -2.24. The summed E-state index contributed by atoms with van der Waals surface area (Å²) < 4.78 is 33.3. The van der Waals surface area contributed by atoms with Crippen LogP contribution < -0.4 is 5.32 Å². The number of esters is 1. The smallest absolute Gasteiger partial charge is 0.305 e. The summed E-state index contributed by atoms with van der Waals surface area (Å²) >= 11 is 1.58. The molecule has 2 rings (SSSR count). The molecule has 7 nitrogen and oxygen atoms in total. The van der Waals surface area contributed by atoms with Crippen LogP contribution in [0.15, 0.2) is 30.3 Å². The van der Waals surface area contributed by atoms with Gasteiger partial charge in [-0.2, -0.15) is 20.2 Å². The Morgan fingerprint density at radius 1 is 1.22 bits per heavy atom. The highest BCUT2D eigenvalue weighted by atomic mass is 32.2. The van der Waals surface area contributed by atoms with E-state index >= 15 is 0 Å². The van der Waals surface area contributed by atoms with Crippen LogP contribution in [0.5, 0.6) is 0 Å². The van der Waals surface area contributed by atoms with Gasteiger partial charge in [0.15, 0.2) is 0 Å². The van der Waals surface area contributed by atoms with Crippen LogP contribution in [0.3, 0.4) is 0 Å². The average molecular weight is 416 g/mol. The summed E-state index contributed by atoms with van der Waals surface area (Å²) in [7, 11) is -2.31. The highest BCUT2D eigenvalue weighted by Gasteiger charge is 2.40. The van der Waals surface area contributed by atoms with Gasteiger partial charge in [0.1, 0.15) is 6.10 Å². The summed E-state index contributed by atoms with van der Waals surface area (Å²) in [6.07, 6.45) is 2.82. The molecule has 0 unspecified atom stereocenters. The summed E-state index contributed by atoms with van der Waals surface area (Å²) in [5, 5.41) is 2.82.